The zero-order chi connectivity index (χ0) is 25.5. The number of nitrogens with zero attached hydrogens (tertiary/aromatic N) is 2. The highest BCUT2D eigenvalue weighted by Gasteiger charge is 2.30. The van der Waals surface area contributed by atoms with Crippen molar-refractivity contribution in [2.75, 3.05) is 11.9 Å². The van der Waals surface area contributed by atoms with Gasteiger partial charge in [-0.2, -0.15) is 0 Å². The number of halogens is 2. The molecule has 190 valence electrons. The summed E-state index contributed by atoms with van der Waals surface area (Å²) < 4.78 is 27.6. The van der Waals surface area contributed by atoms with E-state index in [0.717, 1.165) is 54.7 Å². The van der Waals surface area contributed by atoms with Gasteiger partial charge in [-0.25, -0.2) is 13.6 Å². The van der Waals surface area contributed by atoms with E-state index in [-0.39, 0.29) is 24.2 Å². The van der Waals surface area contributed by atoms with Crippen molar-refractivity contribution in [2.45, 2.75) is 58.2 Å². The zero-order valence-electron chi connectivity index (χ0n) is 20.4. The molecule has 1 aliphatic rings. The largest absolute Gasteiger partial charge is 0.332 e. The lowest BCUT2D eigenvalue weighted by Gasteiger charge is -2.35. The number of carbonyl (C=O) groups excluding carboxylic acids is 2. The zero-order valence-corrected chi connectivity index (χ0v) is 21.2. The summed E-state index contributed by atoms with van der Waals surface area (Å²) in [5.41, 5.74) is 0.894. The lowest BCUT2D eigenvalue weighted by molar-refractivity contribution is -0.133. The first-order chi connectivity index (χ1) is 17.4. The monoisotopic (exact) mass is 511 g/mol. The van der Waals surface area contributed by atoms with E-state index in [9.17, 15) is 18.4 Å². The van der Waals surface area contributed by atoms with Crippen molar-refractivity contribution in [3.8, 4) is 0 Å². The Morgan fingerprint density at radius 1 is 0.972 bits per heavy atom. The van der Waals surface area contributed by atoms with Crippen LogP contribution < -0.4 is 5.32 Å². The van der Waals surface area contributed by atoms with Crippen molar-refractivity contribution in [1.29, 1.82) is 0 Å². The maximum absolute atomic E-state index is 14.2. The molecule has 1 aromatic heterocycles. The molecule has 1 aliphatic carbocycles. The minimum atomic E-state index is -0.850. The Bertz CT molecular complexity index is 1180. The SMILES string of the molecule is Cc1ccc(CN(Cc2ccccc2)C(=O)CN(C(=O)Nc2ccc(F)cc2F)C2CCCCC2)s1. The van der Waals surface area contributed by atoms with Crippen LogP contribution in [0, 0.1) is 18.6 Å². The van der Waals surface area contributed by atoms with E-state index in [4.69, 9.17) is 0 Å². The fourth-order valence-corrected chi connectivity index (χ4v) is 5.48. The first kappa shape index (κ1) is 25.8. The Morgan fingerprint density at radius 3 is 2.39 bits per heavy atom. The number of aryl methyl sites for hydroxylation is 1. The van der Waals surface area contributed by atoms with E-state index in [1.807, 2.05) is 49.4 Å². The van der Waals surface area contributed by atoms with Crippen LogP contribution in [-0.4, -0.2) is 34.3 Å². The number of anilines is 1. The molecule has 4 rings (SSSR count). The van der Waals surface area contributed by atoms with Gasteiger partial charge in [-0.1, -0.05) is 49.6 Å². The third-order valence-corrected chi connectivity index (χ3v) is 7.45. The van der Waals surface area contributed by atoms with E-state index in [1.54, 1.807) is 16.2 Å². The fraction of sp³-hybridized carbons (Fsp3) is 0.357. The van der Waals surface area contributed by atoms with Crippen molar-refractivity contribution >= 4 is 29.0 Å². The van der Waals surface area contributed by atoms with Crippen LogP contribution in [0.4, 0.5) is 19.3 Å². The van der Waals surface area contributed by atoms with Gasteiger partial charge in [0, 0.05) is 28.4 Å². The van der Waals surface area contributed by atoms with Gasteiger partial charge < -0.3 is 15.1 Å². The van der Waals surface area contributed by atoms with Gasteiger partial charge in [0.25, 0.3) is 0 Å². The molecule has 0 saturated heterocycles. The van der Waals surface area contributed by atoms with Gasteiger partial charge in [0.2, 0.25) is 5.91 Å². The molecule has 0 atom stereocenters. The highest BCUT2D eigenvalue weighted by Crippen LogP contribution is 2.25. The van der Waals surface area contributed by atoms with E-state index < -0.39 is 17.7 Å². The molecule has 1 saturated carbocycles. The highest BCUT2D eigenvalue weighted by molar-refractivity contribution is 7.11. The van der Waals surface area contributed by atoms with Crippen molar-refractivity contribution < 1.29 is 18.4 Å². The molecule has 2 aromatic carbocycles. The second-order valence-electron chi connectivity index (χ2n) is 9.22. The number of hydrogen-bond acceptors (Lipinski definition) is 3. The number of benzene rings is 2. The highest BCUT2D eigenvalue weighted by atomic mass is 32.1. The number of amides is 3. The Kier molecular flexibility index (Phi) is 8.70. The molecule has 1 heterocycles. The molecule has 3 aromatic rings. The Balaban J connectivity index is 1.55. The summed E-state index contributed by atoms with van der Waals surface area (Å²) in [6, 6.07) is 16.2. The summed E-state index contributed by atoms with van der Waals surface area (Å²) in [5, 5.41) is 2.56. The van der Waals surface area contributed by atoms with E-state index in [2.05, 4.69) is 5.32 Å². The topological polar surface area (TPSA) is 52.7 Å². The first-order valence-electron chi connectivity index (χ1n) is 12.3. The Labute approximate surface area is 214 Å². The van der Waals surface area contributed by atoms with Crippen molar-refractivity contribution in [1.82, 2.24) is 9.80 Å². The van der Waals surface area contributed by atoms with E-state index >= 15 is 0 Å². The average molecular weight is 512 g/mol. The van der Waals surface area contributed by atoms with Crippen LogP contribution in [0.25, 0.3) is 0 Å². The van der Waals surface area contributed by atoms with Gasteiger partial charge in [0.1, 0.15) is 18.2 Å². The van der Waals surface area contributed by atoms with Gasteiger partial charge in [0.05, 0.1) is 12.2 Å². The van der Waals surface area contributed by atoms with Gasteiger partial charge in [-0.15, -0.1) is 11.3 Å². The first-order valence-corrected chi connectivity index (χ1v) is 13.1. The lowest BCUT2D eigenvalue weighted by atomic mass is 9.94. The molecule has 36 heavy (non-hydrogen) atoms. The molecular formula is C28H31F2N3O2S. The quantitative estimate of drug-likeness (QED) is 0.365. The number of nitrogens with one attached hydrogen (secondary N) is 1. The van der Waals surface area contributed by atoms with Gasteiger partial charge >= 0.3 is 6.03 Å². The lowest BCUT2D eigenvalue weighted by Crippen LogP contribution is -2.49. The predicted octanol–water partition coefficient (Wildman–Crippen LogP) is 6.73. The normalized spacial score (nSPS) is 13.9. The predicted molar refractivity (Wildman–Crippen MR) is 139 cm³/mol. The van der Waals surface area contributed by atoms with Gasteiger partial charge in [-0.3, -0.25) is 4.79 Å². The third kappa shape index (κ3) is 6.91. The Hall–Kier alpha value is -3.26. The molecule has 0 aliphatic heterocycles. The molecule has 1 fully saturated rings. The van der Waals surface area contributed by atoms with Crippen LogP contribution in [0.5, 0.6) is 0 Å². The van der Waals surface area contributed by atoms with Crippen LogP contribution in [0.15, 0.2) is 60.7 Å². The van der Waals surface area contributed by atoms with E-state index in [1.165, 1.54) is 15.8 Å². The van der Waals surface area contributed by atoms with Crippen molar-refractivity contribution in [3.63, 3.8) is 0 Å². The molecular weight excluding hydrogens is 480 g/mol. The van der Waals surface area contributed by atoms with Crippen molar-refractivity contribution in [2.24, 2.45) is 0 Å². The summed E-state index contributed by atoms with van der Waals surface area (Å²) >= 11 is 1.64. The Morgan fingerprint density at radius 2 is 1.72 bits per heavy atom. The van der Waals surface area contributed by atoms with Gasteiger partial charge in [-0.05, 0) is 49.6 Å². The molecule has 1 N–H and O–H groups in total. The molecule has 0 radical (unpaired) electrons. The summed E-state index contributed by atoms with van der Waals surface area (Å²) in [6.45, 7) is 2.78. The van der Waals surface area contributed by atoms with Crippen LogP contribution in [0.2, 0.25) is 0 Å². The number of urea groups is 1. The van der Waals surface area contributed by atoms with Gasteiger partial charge in [0.15, 0.2) is 0 Å². The number of carbonyl (C=O) groups is 2. The minimum Gasteiger partial charge on any atom is -0.332 e. The van der Waals surface area contributed by atoms with Crippen LogP contribution >= 0.6 is 11.3 Å². The van der Waals surface area contributed by atoms with E-state index in [0.29, 0.717) is 13.1 Å². The standard InChI is InChI=1S/C28H31F2N3O2S/c1-20-12-14-24(36-20)18-32(17-21-8-4-2-5-9-21)27(34)19-33(23-10-6-3-7-11-23)28(35)31-26-15-13-22(29)16-25(26)30/h2,4-5,8-9,12-16,23H,3,6-7,10-11,17-19H2,1H3,(H,31,35). The van der Waals surface area contributed by atoms with Crippen molar-refractivity contribution in [3.05, 3.63) is 87.6 Å². The fourth-order valence-electron chi connectivity index (χ4n) is 4.58. The molecule has 0 unspecified atom stereocenters. The average Bonchev–Trinajstić information content (AvgIpc) is 3.29. The molecule has 0 spiro atoms. The smallest absolute Gasteiger partial charge is 0.322 e. The minimum absolute atomic E-state index is 0.107. The number of rotatable bonds is 8. The maximum atomic E-state index is 14.2. The molecule has 5 nitrogen and oxygen atoms in total. The summed E-state index contributed by atoms with van der Waals surface area (Å²) in [5.74, 6) is -1.74. The maximum Gasteiger partial charge on any atom is 0.322 e. The summed E-state index contributed by atoms with van der Waals surface area (Å²) in [4.78, 5) is 32.5. The second-order valence-corrected chi connectivity index (χ2v) is 10.6. The molecule has 0 bridgehead atoms. The second kappa shape index (κ2) is 12.1. The molecule has 8 heteroatoms. The van der Waals surface area contributed by atoms with Crippen LogP contribution in [-0.2, 0) is 17.9 Å². The number of thiophene rings is 1. The number of hydrogen-bond donors (Lipinski definition) is 1. The summed E-state index contributed by atoms with van der Waals surface area (Å²) in [7, 11) is 0. The molecule has 3 amide bonds. The third-order valence-electron chi connectivity index (χ3n) is 6.47. The van der Waals surface area contributed by atoms with Crippen LogP contribution in [0.3, 0.4) is 0 Å². The van der Waals surface area contributed by atoms with Crippen LogP contribution in [0.1, 0.15) is 47.4 Å². The summed E-state index contributed by atoms with van der Waals surface area (Å²) in [6.07, 6.45) is 4.60.